The van der Waals surface area contributed by atoms with E-state index >= 15 is 0 Å². The number of likely N-dealkylation sites (N-methyl/N-ethyl adjacent to an activating group) is 1. The van der Waals surface area contributed by atoms with E-state index in [4.69, 9.17) is 9.15 Å². The van der Waals surface area contributed by atoms with Crippen LogP contribution in [0, 0.1) is 0 Å². The highest BCUT2D eigenvalue weighted by Crippen LogP contribution is 2.24. The molecular weight excluding hydrogens is 283 g/mol. The molecule has 120 valence electrons. The number of hydrogen-bond acceptors (Lipinski definition) is 6. The largest absolute Gasteiger partial charge is 0.526 e. The van der Waals surface area contributed by atoms with Gasteiger partial charge >= 0.3 is 7.12 Å². The van der Waals surface area contributed by atoms with E-state index in [9.17, 15) is 10.0 Å². The maximum atomic E-state index is 9.25. The Balaban J connectivity index is 2.23. The molecule has 2 aromatic heterocycles. The van der Waals surface area contributed by atoms with Gasteiger partial charge in [-0.3, -0.25) is 0 Å². The van der Waals surface area contributed by atoms with Gasteiger partial charge in [-0.05, 0) is 39.8 Å². The van der Waals surface area contributed by atoms with Crippen LogP contribution in [0.3, 0.4) is 0 Å². The van der Waals surface area contributed by atoms with Crippen LogP contribution in [0.5, 0.6) is 0 Å². The molecule has 0 aliphatic carbocycles. The van der Waals surface area contributed by atoms with E-state index in [0.717, 1.165) is 17.7 Å². The quantitative estimate of drug-likeness (QED) is 0.780. The molecule has 0 unspecified atom stereocenters. The van der Waals surface area contributed by atoms with Gasteiger partial charge in [0.25, 0.3) is 0 Å². The molecule has 0 bridgehead atoms. The van der Waals surface area contributed by atoms with Crippen molar-refractivity contribution in [3.63, 3.8) is 0 Å². The second-order valence-corrected chi connectivity index (χ2v) is 6.11. The van der Waals surface area contributed by atoms with Gasteiger partial charge in [-0.25, -0.2) is 4.98 Å². The van der Waals surface area contributed by atoms with Gasteiger partial charge in [0, 0.05) is 19.3 Å². The number of fused-ring (bicyclic) bond motifs is 1. The summed E-state index contributed by atoms with van der Waals surface area (Å²) in [5.41, 5.74) is 0.525. The van der Waals surface area contributed by atoms with Crippen LogP contribution in [0.1, 0.15) is 27.7 Å². The molecule has 2 aromatic rings. The first kappa shape index (κ1) is 16.8. The SMILES string of the molecule is CCN(CCOC(C)(C)C)c1nccc2oc(B(O)O)cc12. The van der Waals surface area contributed by atoms with Crippen LogP contribution in [-0.4, -0.2) is 47.4 Å². The third-order valence-corrected chi connectivity index (χ3v) is 3.28. The fourth-order valence-corrected chi connectivity index (χ4v) is 2.22. The van der Waals surface area contributed by atoms with Crippen LogP contribution >= 0.6 is 0 Å². The van der Waals surface area contributed by atoms with Crippen LogP contribution < -0.4 is 10.6 Å². The smallest absolute Gasteiger partial charge is 0.464 e. The van der Waals surface area contributed by atoms with Crippen LogP contribution in [0.2, 0.25) is 0 Å². The average molecular weight is 306 g/mol. The van der Waals surface area contributed by atoms with E-state index in [-0.39, 0.29) is 11.3 Å². The lowest BCUT2D eigenvalue weighted by Gasteiger charge is -2.25. The summed E-state index contributed by atoms with van der Waals surface area (Å²) in [6, 6.07) is 3.33. The first-order valence-electron chi connectivity index (χ1n) is 7.45. The number of pyridine rings is 1. The summed E-state index contributed by atoms with van der Waals surface area (Å²) in [6.07, 6.45) is 1.65. The van der Waals surface area contributed by atoms with Crippen molar-refractivity contribution < 1.29 is 19.2 Å². The third kappa shape index (κ3) is 4.00. The summed E-state index contributed by atoms with van der Waals surface area (Å²) in [6.45, 7) is 10.2. The molecule has 0 saturated heterocycles. The Kier molecular flexibility index (Phi) is 5.10. The lowest BCUT2D eigenvalue weighted by molar-refractivity contribution is 0.00139. The molecule has 0 saturated carbocycles. The third-order valence-electron chi connectivity index (χ3n) is 3.28. The number of anilines is 1. The van der Waals surface area contributed by atoms with Crippen LogP contribution in [0.25, 0.3) is 11.0 Å². The first-order valence-corrected chi connectivity index (χ1v) is 7.45. The van der Waals surface area contributed by atoms with Gasteiger partial charge in [0.15, 0.2) is 0 Å². The highest BCUT2D eigenvalue weighted by Gasteiger charge is 2.20. The van der Waals surface area contributed by atoms with E-state index in [1.807, 2.05) is 27.7 Å². The first-order chi connectivity index (χ1) is 10.3. The van der Waals surface area contributed by atoms with Gasteiger partial charge < -0.3 is 24.1 Å². The molecule has 0 amide bonds. The zero-order valence-electron chi connectivity index (χ0n) is 13.5. The van der Waals surface area contributed by atoms with E-state index in [2.05, 4.69) is 9.88 Å². The Morgan fingerprint density at radius 3 is 2.68 bits per heavy atom. The zero-order valence-corrected chi connectivity index (χ0v) is 13.5. The van der Waals surface area contributed by atoms with E-state index in [1.54, 1.807) is 18.3 Å². The molecule has 0 atom stereocenters. The molecule has 0 aromatic carbocycles. The lowest BCUT2D eigenvalue weighted by Crippen LogP contribution is -2.31. The minimum atomic E-state index is -1.63. The fraction of sp³-hybridized carbons (Fsp3) is 0.533. The predicted octanol–water partition coefficient (Wildman–Crippen LogP) is 1.15. The number of ether oxygens (including phenoxy) is 1. The Morgan fingerprint density at radius 2 is 2.09 bits per heavy atom. The van der Waals surface area contributed by atoms with Gasteiger partial charge in [0.05, 0.1) is 17.6 Å². The standard InChI is InChI=1S/C15H23BN2O4/c1-5-18(8-9-21-15(2,3)4)14-11-10-13(16(19)20)22-12(11)6-7-17-14/h6-7,10,19-20H,5,8-9H2,1-4H3. The second-order valence-electron chi connectivity index (χ2n) is 6.11. The molecule has 0 aliphatic rings. The minimum Gasteiger partial charge on any atom is -0.464 e. The Morgan fingerprint density at radius 1 is 1.36 bits per heavy atom. The zero-order chi connectivity index (χ0) is 16.3. The topological polar surface area (TPSA) is 79.0 Å². The van der Waals surface area contributed by atoms with Crippen molar-refractivity contribution in [2.24, 2.45) is 0 Å². The highest BCUT2D eigenvalue weighted by molar-refractivity contribution is 6.57. The number of furan rings is 1. The minimum absolute atomic E-state index is 0.117. The lowest BCUT2D eigenvalue weighted by atomic mass is 9.88. The van der Waals surface area contributed by atoms with Gasteiger partial charge in [-0.15, -0.1) is 0 Å². The van der Waals surface area contributed by atoms with Crippen LogP contribution in [0.15, 0.2) is 22.7 Å². The molecule has 0 spiro atoms. The van der Waals surface area contributed by atoms with Gasteiger partial charge in [-0.1, -0.05) is 0 Å². The van der Waals surface area contributed by atoms with E-state index in [1.165, 1.54) is 0 Å². The summed E-state index contributed by atoms with van der Waals surface area (Å²) in [5, 5.41) is 19.3. The Bertz CT molecular complexity index is 622. The Hall–Kier alpha value is -1.57. The summed E-state index contributed by atoms with van der Waals surface area (Å²) in [4.78, 5) is 6.49. The van der Waals surface area contributed by atoms with Crippen molar-refractivity contribution in [1.29, 1.82) is 0 Å². The van der Waals surface area contributed by atoms with Crippen molar-refractivity contribution in [3.05, 3.63) is 18.3 Å². The summed E-state index contributed by atoms with van der Waals surface area (Å²) >= 11 is 0. The average Bonchev–Trinajstić information content (AvgIpc) is 2.87. The van der Waals surface area contributed by atoms with Crippen LogP contribution in [0.4, 0.5) is 5.82 Å². The van der Waals surface area contributed by atoms with Crippen molar-refractivity contribution in [1.82, 2.24) is 4.98 Å². The summed E-state index contributed by atoms with van der Waals surface area (Å²) in [5.74, 6) is 0.758. The van der Waals surface area contributed by atoms with Crippen molar-refractivity contribution in [3.8, 4) is 0 Å². The maximum Gasteiger partial charge on any atom is 0.526 e. The molecular formula is C15H23BN2O4. The second kappa shape index (κ2) is 6.68. The molecule has 0 fully saturated rings. The van der Waals surface area contributed by atoms with Crippen molar-refractivity contribution >= 4 is 29.6 Å². The molecule has 0 radical (unpaired) electrons. The molecule has 6 nitrogen and oxygen atoms in total. The van der Waals surface area contributed by atoms with Crippen molar-refractivity contribution in [2.75, 3.05) is 24.6 Å². The predicted molar refractivity (Wildman–Crippen MR) is 87.4 cm³/mol. The van der Waals surface area contributed by atoms with Crippen molar-refractivity contribution in [2.45, 2.75) is 33.3 Å². The Labute approximate surface area is 130 Å². The molecule has 2 N–H and O–H groups in total. The fourth-order valence-electron chi connectivity index (χ4n) is 2.22. The highest BCUT2D eigenvalue weighted by atomic mass is 16.5. The molecule has 2 rings (SSSR count). The number of hydrogen-bond donors (Lipinski definition) is 2. The van der Waals surface area contributed by atoms with Gasteiger partial charge in [0.2, 0.25) is 0 Å². The molecule has 7 heteroatoms. The monoisotopic (exact) mass is 306 g/mol. The van der Waals surface area contributed by atoms with Gasteiger partial charge in [-0.2, -0.15) is 0 Å². The number of rotatable bonds is 6. The number of aromatic nitrogens is 1. The number of nitrogens with zero attached hydrogens (tertiary/aromatic N) is 2. The summed E-state index contributed by atoms with van der Waals surface area (Å²) in [7, 11) is -1.63. The van der Waals surface area contributed by atoms with Crippen LogP contribution in [-0.2, 0) is 4.74 Å². The van der Waals surface area contributed by atoms with Gasteiger partial charge in [0.1, 0.15) is 17.1 Å². The normalized spacial score (nSPS) is 11.9. The van der Waals surface area contributed by atoms with E-state index in [0.29, 0.717) is 18.7 Å². The summed E-state index contributed by atoms with van der Waals surface area (Å²) < 4.78 is 11.2. The molecule has 2 heterocycles. The van der Waals surface area contributed by atoms with E-state index < -0.39 is 7.12 Å². The maximum absolute atomic E-state index is 9.25. The molecule has 0 aliphatic heterocycles. The molecule has 22 heavy (non-hydrogen) atoms.